The molecule has 29 heavy (non-hydrogen) atoms. The second-order valence-corrected chi connectivity index (χ2v) is 7.17. The number of nitriles is 1. The van der Waals surface area contributed by atoms with E-state index in [9.17, 15) is 13.2 Å². The first kappa shape index (κ1) is 18.9. The molecule has 6 nitrogen and oxygen atoms in total. The summed E-state index contributed by atoms with van der Waals surface area (Å²) < 4.78 is 40.4. The average molecular weight is 398 g/mol. The molecule has 3 atom stereocenters. The highest BCUT2D eigenvalue weighted by atomic mass is 19.4. The van der Waals surface area contributed by atoms with Crippen molar-refractivity contribution in [3.63, 3.8) is 0 Å². The van der Waals surface area contributed by atoms with Crippen molar-refractivity contribution in [3.05, 3.63) is 42.4 Å². The van der Waals surface area contributed by atoms with Gasteiger partial charge in [-0.1, -0.05) is 0 Å². The number of anilines is 2. The Balaban J connectivity index is 1.72. The molecule has 3 N–H and O–H groups in total. The standard InChI is InChI=1S/C20H17F3N6/c1-10-2-3-26-8-14(10)16-5-11-6-17(27-9-15(11)19(25)28-16)29-18(20(21,22)23)13-4-12(13)7-24/h2-3,5-6,8-9,12-13,18H,4H2,1H3,(H2,25,28)(H,27,29). The molecule has 3 unspecified atom stereocenters. The van der Waals surface area contributed by atoms with E-state index in [1.165, 1.54) is 12.3 Å². The van der Waals surface area contributed by atoms with Crippen LogP contribution in [-0.2, 0) is 0 Å². The summed E-state index contributed by atoms with van der Waals surface area (Å²) >= 11 is 0. The van der Waals surface area contributed by atoms with Crippen LogP contribution in [-0.4, -0.2) is 27.2 Å². The first-order chi connectivity index (χ1) is 13.8. The summed E-state index contributed by atoms with van der Waals surface area (Å²) in [4.78, 5) is 12.6. The number of rotatable bonds is 4. The summed E-state index contributed by atoms with van der Waals surface area (Å²) in [6.45, 7) is 1.91. The van der Waals surface area contributed by atoms with Crippen LogP contribution in [0.5, 0.6) is 0 Å². The number of hydrogen-bond donors (Lipinski definition) is 2. The molecular formula is C20H17F3N6. The van der Waals surface area contributed by atoms with E-state index in [1.54, 1.807) is 18.5 Å². The van der Waals surface area contributed by atoms with Crippen LogP contribution in [0.3, 0.4) is 0 Å². The van der Waals surface area contributed by atoms with Crippen LogP contribution >= 0.6 is 0 Å². The topological polar surface area (TPSA) is 101 Å². The van der Waals surface area contributed by atoms with Crippen molar-refractivity contribution in [1.82, 2.24) is 15.0 Å². The summed E-state index contributed by atoms with van der Waals surface area (Å²) in [7, 11) is 0. The first-order valence-corrected chi connectivity index (χ1v) is 8.98. The van der Waals surface area contributed by atoms with Crippen molar-refractivity contribution >= 4 is 22.4 Å². The maximum absolute atomic E-state index is 13.5. The third-order valence-electron chi connectivity index (χ3n) is 5.15. The number of aromatic nitrogens is 3. The number of pyridine rings is 3. The molecule has 1 aliphatic rings. The fraction of sp³-hybridized carbons (Fsp3) is 0.300. The summed E-state index contributed by atoms with van der Waals surface area (Å²) in [6, 6.07) is 5.19. The molecule has 4 rings (SSSR count). The Morgan fingerprint density at radius 1 is 1.31 bits per heavy atom. The summed E-state index contributed by atoms with van der Waals surface area (Å²) in [6.07, 6.45) is 0.476. The van der Waals surface area contributed by atoms with Crippen LogP contribution < -0.4 is 11.1 Å². The normalized spacial score (nSPS) is 19.6. The fourth-order valence-electron chi connectivity index (χ4n) is 3.45. The van der Waals surface area contributed by atoms with Gasteiger partial charge >= 0.3 is 6.18 Å². The quantitative estimate of drug-likeness (QED) is 0.687. The molecule has 0 aliphatic heterocycles. The molecule has 0 bridgehead atoms. The third-order valence-corrected chi connectivity index (χ3v) is 5.15. The number of aryl methyl sites for hydroxylation is 1. The summed E-state index contributed by atoms with van der Waals surface area (Å²) in [5.74, 6) is -1.05. The Kier molecular flexibility index (Phi) is 4.49. The van der Waals surface area contributed by atoms with E-state index in [2.05, 4.69) is 20.3 Å². The summed E-state index contributed by atoms with van der Waals surface area (Å²) in [5.41, 5.74) is 8.37. The van der Waals surface area contributed by atoms with E-state index in [0.717, 1.165) is 11.1 Å². The lowest BCUT2D eigenvalue weighted by atomic mass is 10.1. The molecule has 1 fully saturated rings. The third kappa shape index (κ3) is 3.66. The van der Waals surface area contributed by atoms with Crippen LogP contribution in [0.15, 0.2) is 36.8 Å². The van der Waals surface area contributed by atoms with Crippen LogP contribution in [0.25, 0.3) is 22.0 Å². The molecule has 0 saturated heterocycles. The molecular weight excluding hydrogens is 381 g/mol. The number of nitrogens with zero attached hydrogens (tertiary/aromatic N) is 4. The SMILES string of the molecule is Cc1ccncc1-c1cc2cc(NC(C3CC3C#N)C(F)(F)F)ncc2c(N)n1. The zero-order chi connectivity index (χ0) is 20.8. The van der Waals surface area contributed by atoms with Gasteiger partial charge < -0.3 is 11.1 Å². The van der Waals surface area contributed by atoms with Gasteiger partial charge in [0.25, 0.3) is 0 Å². The first-order valence-electron chi connectivity index (χ1n) is 8.98. The van der Waals surface area contributed by atoms with Crippen LogP contribution in [0.1, 0.15) is 12.0 Å². The fourth-order valence-corrected chi connectivity index (χ4v) is 3.45. The molecule has 1 saturated carbocycles. The Morgan fingerprint density at radius 3 is 2.76 bits per heavy atom. The summed E-state index contributed by atoms with van der Waals surface area (Å²) in [5, 5.41) is 12.5. The number of halogens is 3. The molecule has 3 aromatic rings. The van der Waals surface area contributed by atoms with Gasteiger partial charge in [0, 0.05) is 35.5 Å². The zero-order valence-electron chi connectivity index (χ0n) is 15.4. The number of fused-ring (bicyclic) bond motifs is 1. The number of nitrogens with two attached hydrogens (primary N) is 1. The maximum Gasteiger partial charge on any atom is 0.408 e. The maximum atomic E-state index is 13.5. The predicted molar refractivity (Wildman–Crippen MR) is 103 cm³/mol. The van der Waals surface area contributed by atoms with Gasteiger partial charge in [0.1, 0.15) is 17.7 Å². The van der Waals surface area contributed by atoms with E-state index in [0.29, 0.717) is 16.5 Å². The number of alkyl halides is 3. The van der Waals surface area contributed by atoms with Gasteiger partial charge in [0.2, 0.25) is 0 Å². The Morgan fingerprint density at radius 2 is 2.10 bits per heavy atom. The van der Waals surface area contributed by atoms with Gasteiger partial charge in [-0.2, -0.15) is 18.4 Å². The molecule has 148 valence electrons. The lowest BCUT2D eigenvalue weighted by Crippen LogP contribution is -2.39. The van der Waals surface area contributed by atoms with Crippen LogP contribution in [0, 0.1) is 30.1 Å². The van der Waals surface area contributed by atoms with Crippen molar-refractivity contribution in [3.8, 4) is 17.3 Å². The van der Waals surface area contributed by atoms with Crippen molar-refractivity contribution in [2.75, 3.05) is 11.1 Å². The number of hydrogen-bond acceptors (Lipinski definition) is 6. The van der Waals surface area contributed by atoms with E-state index in [-0.39, 0.29) is 18.1 Å². The highest BCUT2D eigenvalue weighted by Crippen LogP contribution is 2.46. The lowest BCUT2D eigenvalue weighted by Gasteiger charge is -2.22. The van der Waals surface area contributed by atoms with Crippen molar-refractivity contribution < 1.29 is 13.2 Å². The lowest BCUT2D eigenvalue weighted by molar-refractivity contribution is -0.147. The van der Waals surface area contributed by atoms with Crippen molar-refractivity contribution in [2.24, 2.45) is 11.8 Å². The van der Waals surface area contributed by atoms with Crippen LogP contribution in [0.4, 0.5) is 24.8 Å². The highest BCUT2D eigenvalue weighted by molar-refractivity contribution is 5.94. The number of nitrogen functional groups attached to an aromatic ring is 1. The Labute approximate surface area is 164 Å². The monoisotopic (exact) mass is 398 g/mol. The molecule has 3 heterocycles. The van der Waals surface area contributed by atoms with Gasteiger partial charge in [0.05, 0.1) is 17.7 Å². The van der Waals surface area contributed by atoms with E-state index >= 15 is 0 Å². The largest absolute Gasteiger partial charge is 0.408 e. The Bertz CT molecular complexity index is 1120. The minimum Gasteiger partial charge on any atom is -0.383 e. The second kappa shape index (κ2) is 6.88. The Hall–Kier alpha value is -3.41. The molecule has 9 heteroatoms. The molecule has 3 aromatic heterocycles. The van der Waals surface area contributed by atoms with Crippen LogP contribution in [0.2, 0.25) is 0 Å². The molecule has 0 aromatic carbocycles. The zero-order valence-corrected chi connectivity index (χ0v) is 15.4. The van der Waals surface area contributed by atoms with Gasteiger partial charge in [-0.3, -0.25) is 4.98 Å². The highest BCUT2D eigenvalue weighted by Gasteiger charge is 2.55. The smallest absolute Gasteiger partial charge is 0.383 e. The minimum atomic E-state index is -4.48. The predicted octanol–water partition coefficient (Wildman–Crippen LogP) is 4.08. The van der Waals surface area contributed by atoms with Gasteiger partial charge in [-0.05, 0) is 42.5 Å². The second-order valence-electron chi connectivity index (χ2n) is 7.17. The van der Waals surface area contributed by atoms with E-state index in [4.69, 9.17) is 11.0 Å². The van der Waals surface area contributed by atoms with Gasteiger partial charge in [-0.15, -0.1) is 0 Å². The molecule has 0 radical (unpaired) electrons. The van der Waals surface area contributed by atoms with Gasteiger partial charge in [0.15, 0.2) is 0 Å². The van der Waals surface area contributed by atoms with E-state index in [1.807, 2.05) is 19.1 Å². The minimum absolute atomic E-state index is 0.0721. The molecule has 1 aliphatic carbocycles. The van der Waals surface area contributed by atoms with E-state index < -0.39 is 24.1 Å². The van der Waals surface area contributed by atoms with Gasteiger partial charge in [-0.25, -0.2) is 9.97 Å². The molecule has 0 amide bonds. The average Bonchev–Trinajstić information content (AvgIpc) is 3.44. The number of nitrogens with one attached hydrogen (secondary N) is 1. The van der Waals surface area contributed by atoms with Crippen molar-refractivity contribution in [1.29, 1.82) is 5.26 Å². The van der Waals surface area contributed by atoms with Crippen molar-refractivity contribution in [2.45, 2.75) is 25.6 Å². The molecule has 0 spiro atoms.